The molecule has 2 aliphatic heterocycles. The fourth-order valence-electron chi connectivity index (χ4n) is 3.79. The zero-order valence-electron chi connectivity index (χ0n) is 13.8. The van der Waals surface area contributed by atoms with Gasteiger partial charge in [-0.3, -0.25) is 14.5 Å². The first-order valence-electron chi connectivity index (χ1n) is 8.65. The number of carbonyl (C=O) groups is 2. The van der Waals surface area contributed by atoms with Crippen LogP contribution in [0.25, 0.3) is 0 Å². The summed E-state index contributed by atoms with van der Waals surface area (Å²) in [4.78, 5) is 26.6. The Morgan fingerprint density at radius 3 is 2.75 bits per heavy atom. The molecule has 5 nitrogen and oxygen atoms in total. The molecule has 2 saturated heterocycles. The summed E-state index contributed by atoms with van der Waals surface area (Å²) >= 11 is 0. The average molecular weight is 333 g/mol. The van der Waals surface area contributed by atoms with Crippen LogP contribution in [0.2, 0.25) is 0 Å². The van der Waals surface area contributed by atoms with Crippen molar-refractivity contribution in [3.8, 4) is 0 Å². The molecule has 0 aliphatic carbocycles. The Morgan fingerprint density at radius 1 is 1.25 bits per heavy atom. The van der Waals surface area contributed by atoms with E-state index in [2.05, 4.69) is 10.6 Å². The lowest BCUT2D eigenvalue weighted by atomic mass is 9.86. The molecule has 0 radical (unpaired) electrons. The van der Waals surface area contributed by atoms with E-state index in [-0.39, 0.29) is 24.2 Å². The lowest BCUT2D eigenvalue weighted by Crippen LogP contribution is -2.60. The number of benzene rings is 1. The Bertz CT molecular complexity index is 605. The first-order chi connectivity index (χ1) is 11.6. The van der Waals surface area contributed by atoms with Gasteiger partial charge in [-0.15, -0.1) is 0 Å². The number of rotatable bonds is 5. The van der Waals surface area contributed by atoms with Crippen molar-refractivity contribution in [2.75, 3.05) is 26.2 Å². The molecule has 3 rings (SSSR count). The van der Waals surface area contributed by atoms with E-state index in [0.29, 0.717) is 13.0 Å². The highest BCUT2D eigenvalue weighted by Crippen LogP contribution is 2.35. The molecule has 1 spiro atoms. The number of amides is 2. The topological polar surface area (TPSA) is 61.4 Å². The van der Waals surface area contributed by atoms with Crippen molar-refractivity contribution in [1.82, 2.24) is 15.5 Å². The molecule has 0 aromatic heterocycles. The molecule has 1 aromatic rings. The van der Waals surface area contributed by atoms with Crippen molar-refractivity contribution in [2.24, 2.45) is 0 Å². The maximum absolute atomic E-state index is 12.9. The lowest BCUT2D eigenvalue weighted by molar-refractivity contribution is -0.136. The highest BCUT2D eigenvalue weighted by molar-refractivity contribution is 5.88. The minimum Gasteiger partial charge on any atom is -0.355 e. The van der Waals surface area contributed by atoms with E-state index >= 15 is 0 Å². The molecule has 6 heteroatoms. The fourth-order valence-corrected chi connectivity index (χ4v) is 3.79. The molecule has 1 atom stereocenters. The highest BCUT2D eigenvalue weighted by Gasteiger charge is 2.48. The van der Waals surface area contributed by atoms with Crippen molar-refractivity contribution in [3.05, 3.63) is 35.6 Å². The van der Waals surface area contributed by atoms with Gasteiger partial charge >= 0.3 is 0 Å². The van der Waals surface area contributed by atoms with Crippen molar-refractivity contribution in [1.29, 1.82) is 0 Å². The van der Waals surface area contributed by atoms with Gasteiger partial charge in [-0.05, 0) is 56.3 Å². The third-order valence-corrected chi connectivity index (χ3v) is 5.08. The molecule has 2 N–H and O–H groups in total. The first kappa shape index (κ1) is 16.9. The van der Waals surface area contributed by atoms with Gasteiger partial charge < -0.3 is 10.6 Å². The van der Waals surface area contributed by atoms with E-state index in [9.17, 15) is 14.0 Å². The second-order valence-electron chi connectivity index (χ2n) is 6.64. The normalized spacial score (nSPS) is 24.1. The van der Waals surface area contributed by atoms with E-state index in [0.717, 1.165) is 44.3 Å². The van der Waals surface area contributed by atoms with Crippen LogP contribution in [0.5, 0.6) is 0 Å². The van der Waals surface area contributed by atoms with Crippen LogP contribution in [-0.4, -0.2) is 48.4 Å². The third kappa shape index (κ3) is 3.59. The zero-order valence-corrected chi connectivity index (χ0v) is 13.8. The molecule has 2 amide bonds. The van der Waals surface area contributed by atoms with Crippen LogP contribution in [0, 0.1) is 5.82 Å². The Morgan fingerprint density at radius 2 is 2.00 bits per heavy atom. The number of piperidine rings is 1. The largest absolute Gasteiger partial charge is 0.355 e. The molecule has 1 unspecified atom stereocenters. The molecule has 1 aromatic carbocycles. The molecule has 2 heterocycles. The van der Waals surface area contributed by atoms with E-state index in [1.807, 2.05) is 4.90 Å². The molecule has 0 saturated carbocycles. The summed E-state index contributed by atoms with van der Waals surface area (Å²) in [5.41, 5.74) is 0.507. The van der Waals surface area contributed by atoms with Crippen molar-refractivity contribution in [2.45, 2.75) is 37.6 Å². The number of carbonyl (C=O) groups excluding carboxylic acids is 2. The van der Waals surface area contributed by atoms with E-state index < -0.39 is 5.54 Å². The molecular formula is C18H24FN3O2. The summed E-state index contributed by atoms with van der Waals surface area (Å²) in [5.74, 6) is -0.241. The third-order valence-electron chi connectivity index (χ3n) is 5.08. The van der Waals surface area contributed by atoms with E-state index in [1.54, 1.807) is 12.1 Å². The van der Waals surface area contributed by atoms with E-state index in [1.165, 1.54) is 12.1 Å². The SMILES string of the molecule is O=C(CN1CCCC12CCCNC2=O)NCCc1ccc(F)cc1. The summed E-state index contributed by atoms with van der Waals surface area (Å²) in [6.07, 6.45) is 4.26. The van der Waals surface area contributed by atoms with Gasteiger partial charge in [-0.2, -0.15) is 0 Å². The Hall–Kier alpha value is -1.95. The number of halogens is 1. The maximum atomic E-state index is 12.9. The number of nitrogens with one attached hydrogen (secondary N) is 2. The quantitative estimate of drug-likeness (QED) is 0.852. The van der Waals surface area contributed by atoms with Crippen molar-refractivity contribution < 1.29 is 14.0 Å². The summed E-state index contributed by atoms with van der Waals surface area (Å²) < 4.78 is 12.9. The smallest absolute Gasteiger partial charge is 0.240 e. The summed E-state index contributed by atoms with van der Waals surface area (Å²) in [5, 5.41) is 5.85. The minimum absolute atomic E-state index is 0.0586. The standard InChI is InChI=1S/C18H24FN3O2/c19-15-5-3-14(4-6-15)7-11-20-16(23)13-22-12-2-9-18(22)8-1-10-21-17(18)24/h3-6H,1-2,7-13H2,(H,20,23)(H,21,24). The van der Waals surface area contributed by atoms with Crippen LogP contribution >= 0.6 is 0 Å². The monoisotopic (exact) mass is 333 g/mol. The second kappa shape index (κ2) is 7.30. The molecule has 24 heavy (non-hydrogen) atoms. The van der Waals surface area contributed by atoms with E-state index in [4.69, 9.17) is 0 Å². The number of likely N-dealkylation sites (tertiary alicyclic amines) is 1. The molecular weight excluding hydrogens is 309 g/mol. The van der Waals surface area contributed by atoms with Crippen LogP contribution in [0.3, 0.4) is 0 Å². The highest BCUT2D eigenvalue weighted by atomic mass is 19.1. The Balaban J connectivity index is 1.49. The first-order valence-corrected chi connectivity index (χ1v) is 8.65. The minimum atomic E-state index is -0.480. The predicted octanol–water partition coefficient (Wildman–Crippen LogP) is 1.23. The Kier molecular flexibility index (Phi) is 5.14. The number of hydrogen-bond donors (Lipinski definition) is 2. The van der Waals surface area contributed by atoms with Crippen LogP contribution < -0.4 is 10.6 Å². The lowest BCUT2D eigenvalue weighted by Gasteiger charge is -2.39. The van der Waals surface area contributed by atoms with Gasteiger partial charge in [0.2, 0.25) is 11.8 Å². The maximum Gasteiger partial charge on any atom is 0.240 e. The molecule has 0 bridgehead atoms. The fraction of sp³-hybridized carbons (Fsp3) is 0.556. The van der Waals surface area contributed by atoms with Crippen molar-refractivity contribution >= 4 is 11.8 Å². The Labute approximate surface area is 141 Å². The molecule has 130 valence electrons. The van der Waals surface area contributed by atoms with Gasteiger partial charge in [0.25, 0.3) is 0 Å². The number of hydrogen-bond acceptors (Lipinski definition) is 3. The summed E-state index contributed by atoms with van der Waals surface area (Å²) in [7, 11) is 0. The van der Waals surface area contributed by atoms with Crippen LogP contribution in [0.4, 0.5) is 4.39 Å². The molecule has 2 fully saturated rings. The predicted molar refractivity (Wildman–Crippen MR) is 88.9 cm³/mol. The van der Waals surface area contributed by atoms with Crippen LogP contribution in [0.15, 0.2) is 24.3 Å². The zero-order chi connectivity index (χ0) is 17.0. The summed E-state index contributed by atoms with van der Waals surface area (Å²) in [6, 6.07) is 6.30. The van der Waals surface area contributed by atoms with Crippen LogP contribution in [-0.2, 0) is 16.0 Å². The second-order valence-corrected chi connectivity index (χ2v) is 6.64. The van der Waals surface area contributed by atoms with Crippen LogP contribution in [0.1, 0.15) is 31.2 Å². The van der Waals surface area contributed by atoms with Crippen molar-refractivity contribution in [3.63, 3.8) is 0 Å². The average Bonchev–Trinajstić information content (AvgIpc) is 2.96. The molecule has 2 aliphatic rings. The van der Waals surface area contributed by atoms with Gasteiger partial charge in [0.1, 0.15) is 11.4 Å². The number of nitrogens with zero attached hydrogens (tertiary/aromatic N) is 1. The van der Waals surface area contributed by atoms with Gasteiger partial charge in [0.15, 0.2) is 0 Å². The van der Waals surface area contributed by atoms with Gasteiger partial charge in [-0.1, -0.05) is 12.1 Å². The van der Waals surface area contributed by atoms with Gasteiger partial charge in [0, 0.05) is 13.1 Å². The van der Waals surface area contributed by atoms with Gasteiger partial charge in [-0.25, -0.2) is 4.39 Å². The van der Waals surface area contributed by atoms with Gasteiger partial charge in [0.05, 0.1) is 6.54 Å². The summed E-state index contributed by atoms with van der Waals surface area (Å²) in [6.45, 7) is 2.30.